The van der Waals surface area contributed by atoms with Crippen molar-refractivity contribution >= 4 is 13.0 Å². The SMILES string of the molecule is F[B-](F)(F)F.O=C1CCCNC1. The van der Waals surface area contributed by atoms with Crippen LogP contribution >= 0.6 is 0 Å². The summed E-state index contributed by atoms with van der Waals surface area (Å²) in [5.41, 5.74) is 0. The lowest BCUT2D eigenvalue weighted by Gasteiger charge is -2.08. The van der Waals surface area contributed by atoms with E-state index in [2.05, 4.69) is 5.32 Å². The van der Waals surface area contributed by atoms with Crippen molar-refractivity contribution < 1.29 is 22.1 Å². The zero-order valence-corrected chi connectivity index (χ0v) is 6.33. The number of hydrogen-bond donors (Lipinski definition) is 1. The predicted molar refractivity (Wildman–Crippen MR) is 37.3 cm³/mol. The molecule has 1 fully saturated rings. The molecule has 0 spiro atoms. The number of hydrogen-bond acceptors (Lipinski definition) is 2. The first-order valence-electron chi connectivity index (χ1n) is 3.49. The van der Waals surface area contributed by atoms with Crippen LogP contribution in [-0.4, -0.2) is 26.1 Å². The third-order valence-corrected chi connectivity index (χ3v) is 1.13. The van der Waals surface area contributed by atoms with Crippen molar-refractivity contribution in [3.8, 4) is 0 Å². The molecule has 0 aliphatic carbocycles. The summed E-state index contributed by atoms with van der Waals surface area (Å²) in [5.74, 6) is 0.353. The zero-order valence-electron chi connectivity index (χ0n) is 6.33. The largest absolute Gasteiger partial charge is 0.673 e. The standard InChI is InChI=1S/C5H9NO.BF4/c7-5-2-1-3-6-4-5;2-1(3,4)5/h6H,1-4H2;/q;-1. The van der Waals surface area contributed by atoms with Crippen LogP contribution in [0.4, 0.5) is 17.3 Å². The van der Waals surface area contributed by atoms with Gasteiger partial charge in [-0.2, -0.15) is 0 Å². The molecular weight excluding hydrogens is 177 g/mol. The normalized spacial score (nSPS) is 18.2. The predicted octanol–water partition coefficient (Wildman–Crippen LogP) is 1.24. The van der Waals surface area contributed by atoms with E-state index >= 15 is 0 Å². The summed E-state index contributed by atoms with van der Waals surface area (Å²) in [6.07, 6.45) is 1.81. The van der Waals surface area contributed by atoms with Gasteiger partial charge in [0.15, 0.2) is 0 Å². The summed E-state index contributed by atoms with van der Waals surface area (Å²) < 4.78 is 39.0. The summed E-state index contributed by atoms with van der Waals surface area (Å²) >= 11 is 0. The molecule has 72 valence electrons. The van der Waals surface area contributed by atoms with Gasteiger partial charge in [-0.05, 0) is 13.0 Å². The molecule has 0 aromatic rings. The van der Waals surface area contributed by atoms with Crippen LogP contribution in [0.3, 0.4) is 0 Å². The Hall–Kier alpha value is -0.585. The monoisotopic (exact) mass is 186 g/mol. The highest BCUT2D eigenvalue weighted by atomic mass is 19.5. The zero-order chi connectivity index (χ0) is 9.61. The molecule has 0 saturated carbocycles. The number of rotatable bonds is 0. The number of halogens is 4. The maximum Gasteiger partial charge on any atom is 0.673 e. The number of Topliss-reactive ketones (excluding diaryl/α,β-unsaturated/α-hetero) is 1. The molecular formula is C5H9BF4NO-. The lowest BCUT2D eigenvalue weighted by molar-refractivity contribution is -0.119. The van der Waals surface area contributed by atoms with Gasteiger partial charge in [-0.3, -0.25) is 4.79 Å². The summed E-state index contributed by atoms with van der Waals surface area (Å²) in [6, 6.07) is 0. The van der Waals surface area contributed by atoms with Crippen molar-refractivity contribution in [2.75, 3.05) is 13.1 Å². The number of carbonyl (C=O) groups excluding carboxylic acids is 1. The number of ketones is 1. The molecule has 0 aromatic heterocycles. The Morgan fingerprint density at radius 2 is 1.75 bits per heavy atom. The highest BCUT2D eigenvalue weighted by Crippen LogP contribution is 2.06. The Labute approximate surface area is 67.4 Å². The van der Waals surface area contributed by atoms with Crippen molar-refractivity contribution in [2.24, 2.45) is 0 Å². The van der Waals surface area contributed by atoms with E-state index in [0.29, 0.717) is 12.3 Å². The van der Waals surface area contributed by atoms with Gasteiger partial charge in [0.1, 0.15) is 5.78 Å². The minimum atomic E-state index is -6.00. The quantitative estimate of drug-likeness (QED) is 0.455. The molecule has 2 nitrogen and oxygen atoms in total. The molecule has 12 heavy (non-hydrogen) atoms. The van der Waals surface area contributed by atoms with Crippen LogP contribution in [0.15, 0.2) is 0 Å². The van der Waals surface area contributed by atoms with Crippen LogP contribution in [0, 0.1) is 0 Å². The second-order valence-electron chi connectivity index (χ2n) is 2.31. The lowest BCUT2D eigenvalue weighted by Crippen LogP contribution is -2.29. The van der Waals surface area contributed by atoms with E-state index in [1.54, 1.807) is 0 Å². The Morgan fingerprint density at radius 3 is 1.92 bits per heavy atom. The van der Waals surface area contributed by atoms with E-state index in [9.17, 15) is 22.1 Å². The molecule has 0 bridgehead atoms. The number of carbonyl (C=O) groups is 1. The molecule has 1 rings (SSSR count). The summed E-state index contributed by atoms with van der Waals surface area (Å²) in [7, 11) is -6.00. The molecule has 1 aliphatic heterocycles. The van der Waals surface area contributed by atoms with Gasteiger partial charge in [0, 0.05) is 6.42 Å². The first-order valence-corrected chi connectivity index (χ1v) is 3.49. The highest BCUT2D eigenvalue weighted by Gasteiger charge is 2.20. The van der Waals surface area contributed by atoms with Gasteiger partial charge < -0.3 is 22.6 Å². The first-order chi connectivity index (χ1) is 5.39. The first kappa shape index (κ1) is 11.4. The van der Waals surface area contributed by atoms with E-state index in [0.717, 1.165) is 19.4 Å². The van der Waals surface area contributed by atoms with Crippen molar-refractivity contribution in [3.63, 3.8) is 0 Å². The maximum atomic E-state index is 10.4. The molecule has 0 unspecified atom stereocenters. The fraction of sp³-hybridized carbons (Fsp3) is 0.800. The molecule has 0 aromatic carbocycles. The summed E-state index contributed by atoms with van der Waals surface area (Å²) in [6.45, 7) is 1.62. The highest BCUT2D eigenvalue weighted by molar-refractivity contribution is 6.50. The third kappa shape index (κ3) is 12.1. The number of piperidine rings is 1. The van der Waals surface area contributed by atoms with Crippen LogP contribution in [0.25, 0.3) is 0 Å². The van der Waals surface area contributed by atoms with Gasteiger partial charge in [0.05, 0.1) is 6.54 Å². The van der Waals surface area contributed by atoms with Crippen LogP contribution in [0.1, 0.15) is 12.8 Å². The average molecular weight is 186 g/mol. The molecule has 0 radical (unpaired) electrons. The van der Waals surface area contributed by atoms with Gasteiger partial charge in [-0.25, -0.2) is 0 Å². The van der Waals surface area contributed by atoms with E-state index in [1.165, 1.54) is 0 Å². The van der Waals surface area contributed by atoms with E-state index in [4.69, 9.17) is 0 Å². The topological polar surface area (TPSA) is 29.1 Å². The minimum Gasteiger partial charge on any atom is -0.418 e. The van der Waals surface area contributed by atoms with Crippen LogP contribution < -0.4 is 5.32 Å². The molecule has 1 heterocycles. The third-order valence-electron chi connectivity index (χ3n) is 1.13. The fourth-order valence-corrected chi connectivity index (χ4v) is 0.727. The van der Waals surface area contributed by atoms with Gasteiger partial charge in [0.2, 0.25) is 0 Å². The van der Waals surface area contributed by atoms with E-state index in [-0.39, 0.29) is 0 Å². The number of nitrogens with one attached hydrogen (secondary N) is 1. The van der Waals surface area contributed by atoms with Gasteiger partial charge >= 0.3 is 7.25 Å². The second-order valence-corrected chi connectivity index (χ2v) is 2.31. The van der Waals surface area contributed by atoms with Gasteiger partial charge in [-0.15, -0.1) is 0 Å². The van der Waals surface area contributed by atoms with Crippen LogP contribution in [0.2, 0.25) is 0 Å². The smallest absolute Gasteiger partial charge is 0.418 e. The van der Waals surface area contributed by atoms with Crippen LogP contribution in [-0.2, 0) is 4.79 Å². The Balaban J connectivity index is 0.000000217. The molecule has 0 amide bonds. The van der Waals surface area contributed by atoms with E-state index in [1.807, 2.05) is 0 Å². The molecule has 1 aliphatic rings. The molecule has 7 heteroatoms. The Bertz CT molecular complexity index is 135. The Kier molecular flexibility index (Phi) is 4.88. The minimum absolute atomic E-state index is 0.353. The summed E-state index contributed by atoms with van der Waals surface area (Å²) in [5, 5.41) is 2.98. The lowest BCUT2D eigenvalue weighted by atomic mass is 10.1. The van der Waals surface area contributed by atoms with Crippen molar-refractivity contribution in [1.29, 1.82) is 0 Å². The molecule has 1 saturated heterocycles. The van der Waals surface area contributed by atoms with Crippen molar-refractivity contribution in [2.45, 2.75) is 12.8 Å². The fourth-order valence-electron chi connectivity index (χ4n) is 0.727. The second kappa shape index (κ2) is 5.13. The van der Waals surface area contributed by atoms with Crippen molar-refractivity contribution in [3.05, 3.63) is 0 Å². The Morgan fingerprint density at radius 1 is 1.25 bits per heavy atom. The van der Waals surface area contributed by atoms with Crippen LogP contribution in [0.5, 0.6) is 0 Å². The molecule has 0 atom stereocenters. The van der Waals surface area contributed by atoms with Crippen molar-refractivity contribution in [1.82, 2.24) is 5.32 Å². The van der Waals surface area contributed by atoms with Gasteiger partial charge in [0.25, 0.3) is 0 Å². The molecule has 1 N–H and O–H groups in total. The maximum absolute atomic E-state index is 10.4. The van der Waals surface area contributed by atoms with E-state index < -0.39 is 7.25 Å². The average Bonchev–Trinajstić information content (AvgIpc) is 1.85. The van der Waals surface area contributed by atoms with Gasteiger partial charge in [-0.1, -0.05) is 0 Å². The summed E-state index contributed by atoms with van der Waals surface area (Å²) in [4.78, 5) is 10.4.